The number of hydrogen-bond acceptors (Lipinski definition) is 2. The molecule has 0 N–H and O–H groups in total. The van der Waals surface area contributed by atoms with E-state index in [9.17, 15) is 0 Å². The fourth-order valence-corrected chi connectivity index (χ4v) is 3.84. The Bertz CT molecular complexity index is 320. The summed E-state index contributed by atoms with van der Waals surface area (Å²) >= 11 is 0. The van der Waals surface area contributed by atoms with Crippen molar-refractivity contribution >= 4 is 0 Å². The van der Waals surface area contributed by atoms with Crippen LogP contribution in [0.2, 0.25) is 0 Å². The van der Waals surface area contributed by atoms with Crippen molar-refractivity contribution in [2.45, 2.75) is 142 Å². The lowest BCUT2D eigenvalue weighted by Gasteiger charge is -2.27. The Kier molecular flexibility index (Phi) is 17.4. The lowest BCUT2D eigenvalue weighted by Crippen LogP contribution is -2.27. The van der Waals surface area contributed by atoms with Gasteiger partial charge in [-0.3, -0.25) is 0 Å². The van der Waals surface area contributed by atoms with Crippen molar-refractivity contribution in [2.24, 2.45) is 0 Å². The van der Waals surface area contributed by atoms with Crippen molar-refractivity contribution in [3.8, 4) is 0 Å². The molecule has 0 aliphatic carbocycles. The van der Waals surface area contributed by atoms with Crippen LogP contribution in [-0.2, 0) is 9.47 Å². The van der Waals surface area contributed by atoms with E-state index in [0.717, 1.165) is 19.4 Å². The molecule has 2 heteroatoms. The number of rotatable bonds is 18. The van der Waals surface area contributed by atoms with Gasteiger partial charge >= 0.3 is 0 Å². The van der Waals surface area contributed by atoms with Crippen LogP contribution in [0.15, 0.2) is 12.2 Å². The molecule has 0 saturated carbocycles. The molecule has 0 spiro atoms. The second kappa shape index (κ2) is 19.0. The monoisotopic (exact) mass is 380 g/mol. The molecule has 1 fully saturated rings. The maximum atomic E-state index is 6.13. The van der Waals surface area contributed by atoms with Gasteiger partial charge in [0.15, 0.2) is 6.29 Å². The largest absolute Gasteiger partial charge is 0.353 e. The zero-order valence-electron chi connectivity index (χ0n) is 18.6. The highest BCUT2D eigenvalue weighted by atomic mass is 16.7. The SMILES string of the molecule is CCCCCCCC/C=C\CCCCCCCC(CC)O[C@H]1CCCCO1. The van der Waals surface area contributed by atoms with Gasteiger partial charge in [-0.25, -0.2) is 0 Å². The first kappa shape index (κ1) is 24.7. The lowest BCUT2D eigenvalue weighted by molar-refractivity contribution is -0.189. The van der Waals surface area contributed by atoms with Crippen LogP contribution in [0.1, 0.15) is 129 Å². The minimum absolute atomic E-state index is 0.0758. The van der Waals surface area contributed by atoms with Crippen LogP contribution >= 0.6 is 0 Å². The van der Waals surface area contributed by atoms with Gasteiger partial charge in [0.1, 0.15) is 0 Å². The average Bonchev–Trinajstić information content (AvgIpc) is 2.70. The first-order chi connectivity index (χ1) is 13.4. The number of hydrogen-bond donors (Lipinski definition) is 0. The fourth-order valence-electron chi connectivity index (χ4n) is 3.84. The first-order valence-electron chi connectivity index (χ1n) is 12.3. The Morgan fingerprint density at radius 3 is 2.04 bits per heavy atom. The minimum atomic E-state index is 0.0758. The molecule has 1 aliphatic heterocycles. The van der Waals surface area contributed by atoms with Crippen LogP contribution in [0.3, 0.4) is 0 Å². The Hall–Kier alpha value is -0.340. The molecule has 0 aromatic rings. The van der Waals surface area contributed by atoms with Gasteiger partial charge in [-0.15, -0.1) is 0 Å². The van der Waals surface area contributed by atoms with Crippen molar-refractivity contribution in [2.75, 3.05) is 6.61 Å². The van der Waals surface area contributed by atoms with E-state index in [-0.39, 0.29) is 6.29 Å². The molecule has 1 rings (SSSR count). The van der Waals surface area contributed by atoms with E-state index in [2.05, 4.69) is 26.0 Å². The molecule has 0 radical (unpaired) electrons. The van der Waals surface area contributed by atoms with E-state index >= 15 is 0 Å². The number of allylic oxidation sites excluding steroid dienone is 2. The maximum Gasteiger partial charge on any atom is 0.157 e. The highest BCUT2D eigenvalue weighted by Gasteiger charge is 2.18. The van der Waals surface area contributed by atoms with Gasteiger partial charge < -0.3 is 9.47 Å². The molecule has 0 bridgehead atoms. The zero-order chi connectivity index (χ0) is 19.4. The summed E-state index contributed by atoms with van der Waals surface area (Å²) in [5, 5.41) is 0. The Morgan fingerprint density at radius 2 is 1.44 bits per heavy atom. The second-order valence-electron chi connectivity index (χ2n) is 8.34. The highest BCUT2D eigenvalue weighted by Crippen LogP contribution is 2.20. The first-order valence-corrected chi connectivity index (χ1v) is 12.3. The van der Waals surface area contributed by atoms with E-state index < -0.39 is 0 Å². The molecule has 1 heterocycles. The summed E-state index contributed by atoms with van der Waals surface area (Å²) in [7, 11) is 0. The maximum absolute atomic E-state index is 6.13. The number of unbranched alkanes of at least 4 members (excludes halogenated alkanes) is 11. The zero-order valence-corrected chi connectivity index (χ0v) is 18.6. The normalized spacial score (nSPS) is 19.0. The van der Waals surface area contributed by atoms with Crippen molar-refractivity contribution in [1.29, 1.82) is 0 Å². The van der Waals surface area contributed by atoms with E-state index in [1.807, 2.05) is 0 Å². The van der Waals surface area contributed by atoms with E-state index in [1.165, 1.54) is 103 Å². The summed E-state index contributed by atoms with van der Waals surface area (Å²) in [6, 6.07) is 0. The summed E-state index contributed by atoms with van der Waals surface area (Å²) in [6.07, 6.45) is 28.9. The third kappa shape index (κ3) is 15.3. The molecule has 2 nitrogen and oxygen atoms in total. The second-order valence-corrected chi connectivity index (χ2v) is 8.34. The lowest BCUT2D eigenvalue weighted by atomic mass is 10.0. The van der Waals surface area contributed by atoms with Crippen molar-refractivity contribution < 1.29 is 9.47 Å². The summed E-state index contributed by atoms with van der Waals surface area (Å²) in [6.45, 7) is 5.41. The Morgan fingerprint density at radius 1 is 0.815 bits per heavy atom. The van der Waals surface area contributed by atoms with Gasteiger partial charge in [-0.05, 0) is 57.8 Å². The molecule has 0 amide bonds. The molecular weight excluding hydrogens is 332 g/mol. The molecule has 1 aliphatic rings. The third-order valence-corrected chi connectivity index (χ3v) is 5.73. The van der Waals surface area contributed by atoms with E-state index in [1.54, 1.807) is 0 Å². The molecular formula is C25H48O2. The van der Waals surface area contributed by atoms with Gasteiger partial charge in [-0.2, -0.15) is 0 Å². The van der Waals surface area contributed by atoms with E-state index in [4.69, 9.17) is 9.47 Å². The van der Waals surface area contributed by atoms with Crippen LogP contribution in [0.5, 0.6) is 0 Å². The van der Waals surface area contributed by atoms with Gasteiger partial charge in [0.25, 0.3) is 0 Å². The highest BCUT2D eigenvalue weighted by molar-refractivity contribution is 4.81. The molecule has 0 aromatic heterocycles. The van der Waals surface area contributed by atoms with Crippen LogP contribution in [-0.4, -0.2) is 19.0 Å². The molecule has 2 atom stereocenters. The molecule has 160 valence electrons. The Labute approximate surface area is 170 Å². The van der Waals surface area contributed by atoms with Crippen LogP contribution < -0.4 is 0 Å². The molecule has 27 heavy (non-hydrogen) atoms. The predicted octanol–water partition coefficient (Wildman–Crippen LogP) is 8.35. The summed E-state index contributed by atoms with van der Waals surface area (Å²) in [5.74, 6) is 0. The third-order valence-electron chi connectivity index (χ3n) is 5.73. The van der Waals surface area contributed by atoms with Crippen molar-refractivity contribution in [1.82, 2.24) is 0 Å². The van der Waals surface area contributed by atoms with Gasteiger partial charge in [0.2, 0.25) is 0 Å². The van der Waals surface area contributed by atoms with Crippen molar-refractivity contribution in [3.63, 3.8) is 0 Å². The summed E-state index contributed by atoms with van der Waals surface area (Å²) < 4.78 is 11.8. The smallest absolute Gasteiger partial charge is 0.157 e. The van der Waals surface area contributed by atoms with Gasteiger partial charge in [0, 0.05) is 6.61 Å². The number of ether oxygens (including phenoxy) is 2. The van der Waals surface area contributed by atoms with Crippen LogP contribution in [0.4, 0.5) is 0 Å². The van der Waals surface area contributed by atoms with E-state index in [0.29, 0.717) is 6.10 Å². The topological polar surface area (TPSA) is 18.5 Å². The van der Waals surface area contributed by atoms with Crippen LogP contribution in [0, 0.1) is 0 Å². The molecule has 1 unspecified atom stereocenters. The van der Waals surface area contributed by atoms with Crippen molar-refractivity contribution in [3.05, 3.63) is 12.2 Å². The average molecular weight is 381 g/mol. The standard InChI is InChI=1S/C25H48O2/c1-3-5-6-7-8-9-10-11-12-13-14-15-16-17-18-21-24(4-2)27-25-22-19-20-23-26-25/h11-12,24-25H,3-10,13-23H2,1-2H3/b12-11-/t24?,25-/m0/s1. The Balaban J connectivity index is 1.84. The summed E-state index contributed by atoms with van der Waals surface area (Å²) in [5.41, 5.74) is 0. The fraction of sp³-hybridized carbons (Fsp3) is 0.920. The minimum Gasteiger partial charge on any atom is -0.353 e. The molecule has 0 aromatic carbocycles. The molecule has 1 saturated heterocycles. The predicted molar refractivity (Wildman–Crippen MR) is 118 cm³/mol. The van der Waals surface area contributed by atoms with Crippen LogP contribution in [0.25, 0.3) is 0 Å². The van der Waals surface area contributed by atoms with Gasteiger partial charge in [0.05, 0.1) is 6.10 Å². The summed E-state index contributed by atoms with van der Waals surface area (Å²) in [4.78, 5) is 0. The quantitative estimate of drug-likeness (QED) is 0.176. The van der Waals surface area contributed by atoms with Gasteiger partial charge in [-0.1, -0.05) is 83.8 Å².